The monoisotopic (exact) mass is 416 g/mol. The van der Waals surface area contributed by atoms with E-state index in [-0.39, 0.29) is 0 Å². The minimum atomic E-state index is 0.606. The van der Waals surface area contributed by atoms with Crippen LogP contribution in [0.15, 0.2) is 91.1 Å². The van der Waals surface area contributed by atoms with Crippen molar-refractivity contribution in [2.24, 2.45) is 0 Å². The number of nitrogens with zero attached hydrogens (tertiary/aromatic N) is 4. The van der Waals surface area contributed by atoms with Gasteiger partial charge < -0.3 is 9.30 Å². The molecule has 3 aromatic carbocycles. The summed E-state index contributed by atoms with van der Waals surface area (Å²) in [4.78, 5) is 9.54. The number of benzene rings is 3. The van der Waals surface area contributed by atoms with Gasteiger partial charge in [0.1, 0.15) is 11.6 Å². The Bertz CT molecular complexity index is 1430. The van der Waals surface area contributed by atoms with Crippen LogP contribution in [0.25, 0.3) is 33.7 Å². The van der Waals surface area contributed by atoms with Crippen LogP contribution in [-0.2, 0) is 6.54 Å². The highest BCUT2D eigenvalue weighted by atomic mass is 16.5. The van der Waals surface area contributed by atoms with Gasteiger partial charge in [0.05, 0.1) is 24.3 Å². The molecule has 0 spiro atoms. The number of nitriles is 1. The van der Waals surface area contributed by atoms with Crippen molar-refractivity contribution in [2.45, 2.75) is 6.54 Å². The largest absolute Gasteiger partial charge is 0.497 e. The maximum atomic E-state index is 9.12. The van der Waals surface area contributed by atoms with Gasteiger partial charge in [0, 0.05) is 23.9 Å². The van der Waals surface area contributed by atoms with Crippen molar-refractivity contribution >= 4 is 11.2 Å². The van der Waals surface area contributed by atoms with Crippen LogP contribution < -0.4 is 4.74 Å². The second-order valence-corrected chi connectivity index (χ2v) is 7.49. The van der Waals surface area contributed by atoms with Crippen molar-refractivity contribution in [3.05, 3.63) is 102 Å². The molecule has 5 heteroatoms. The zero-order chi connectivity index (χ0) is 21.9. The van der Waals surface area contributed by atoms with E-state index in [9.17, 15) is 0 Å². The topological polar surface area (TPSA) is 63.7 Å². The van der Waals surface area contributed by atoms with Crippen LogP contribution in [-0.4, -0.2) is 21.6 Å². The van der Waals surface area contributed by atoms with Crippen LogP contribution in [0.1, 0.15) is 11.1 Å². The molecule has 0 bridgehead atoms. The molecule has 2 heterocycles. The highest BCUT2D eigenvalue weighted by Crippen LogP contribution is 2.30. The van der Waals surface area contributed by atoms with Crippen molar-refractivity contribution < 1.29 is 4.74 Å². The molecule has 0 fully saturated rings. The highest BCUT2D eigenvalue weighted by molar-refractivity contribution is 5.82. The quantitative estimate of drug-likeness (QED) is 0.369. The van der Waals surface area contributed by atoms with Crippen molar-refractivity contribution in [1.29, 1.82) is 5.26 Å². The van der Waals surface area contributed by atoms with Crippen molar-refractivity contribution in [2.75, 3.05) is 7.11 Å². The molecule has 154 valence electrons. The average molecular weight is 416 g/mol. The van der Waals surface area contributed by atoms with E-state index in [1.807, 2.05) is 72.9 Å². The molecule has 0 N–H and O–H groups in total. The minimum Gasteiger partial charge on any atom is -0.497 e. The zero-order valence-corrected chi connectivity index (χ0v) is 17.6. The molecule has 0 aliphatic heterocycles. The lowest BCUT2D eigenvalue weighted by Crippen LogP contribution is -2.03. The molecule has 0 atom stereocenters. The van der Waals surface area contributed by atoms with Crippen molar-refractivity contribution in [3.8, 4) is 34.3 Å². The van der Waals surface area contributed by atoms with Crippen molar-refractivity contribution in [3.63, 3.8) is 0 Å². The first kappa shape index (κ1) is 19.5. The number of methoxy groups -OCH3 is 1. The molecule has 0 aliphatic rings. The van der Waals surface area contributed by atoms with Gasteiger partial charge in [-0.3, -0.25) is 0 Å². The molecule has 5 rings (SSSR count). The summed E-state index contributed by atoms with van der Waals surface area (Å²) in [6.45, 7) is 0.606. The number of aromatic nitrogens is 3. The fraction of sp³-hybridized carbons (Fsp3) is 0.0741. The van der Waals surface area contributed by atoms with Gasteiger partial charge in [0.25, 0.3) is 0 Å². The van der Waals surface area contributed by atoms with Gasteiger partial charge in [-0.2, -0.15) is 5.26 Å². The Morgan fingerprint density at radius 2 is 1.66 bits per heavy atom. The van der Waals surface area contributed by atoms with Gasteiger partial charge in [0.15, 0.2) is 5.65 Å². The van der Waals surface area contributed by atoms with Crippen LogP contribution in [0.5, 0.6) is 5.75 Å². The van der Waals surface area contributed by atoms with E-state index < -0.39 is 0 Å². The molecule has 0 radical (unpaired) electrons. The Morgan fingerprint density at radius 3 is 2.41 bits per heavy atom. The van der Waals surface area contributed by atoms with Gasteiger partial charge in [-0.05, 0) is 41.5 Å². The molecule has 0 saturated heterocycles. The van der Waals surface area contributed by atoms with Crippen LogP contribution >= 0.6 is 0 Å². The number of ether oxygens (including phenoxy) is 1. The fourth-order valence-corrected chi connectivity index (χ4v) is 3.80. The summed E-state index contributed by atoms with van der Waals surface area (Å²) < 4.78 is 7.60. The maximum Gasteiger partial charge on any atom is 0.178 e. The molecule has 32 heavy (non-hydrogen) atoms. The Hall–Kier alpha value is -4.43. The lowest BCUT2D eigenvalue weighted by molar-refractivity contribution is 0.415. The summed E-state index contributed by atoms with van der Waals surface area (Å²) in [7, 11) is 1.66. The van der Waals surface area contributed by atoms with E-state index >= 15 is 0 Å². The van der Waals surface area contributed by atoms with Crippen LogP contribution in [0, 0.1) is 11.3 Å². The first-order valence-electron chi connectivity index (χ1n) is 10.3. The third-order valence-corrected chi connectivity index (χ3v) is 5.46. The third kappa shape index (κ3) is 3.70. The normalized spacial score (nSPS) is 10.8. The van der Waals surface area contributed by atoms with Gasteiger partial charge in [0.2, 0.25) is 0 Å². The predicted molar refractivity (Wildman–Crippen MR) is 125 cm³/mol. The standard InChI is InChI=1S/C27H20N4O/c1-32-24-9-5-8-22(14-24)27-30-26-25(15-23(17-29-26)21-6-3-2-4-7-21)31(27)18-20-12-10-19(16-28)11-13-20/h2-15,17H,18H2,1H3. The van der Waals surface area contributed by atoms with E-state index in [2.05, 4.69) is 33.8 Å². The first-order valence-corrected chi connectivity index (χ1v) is 10.3. The second-order valence-electron chi connectivity index (χ2n) is 7.49. The maximum absolute atomic E-state index is 9.12. The summed E-state index contributed by atoms with van der Waals surface area (Å²) in [5.41, 5.74) is 6.47. The van der Waals surface area contributed by atoms with E-state index in [0.717, 1.165) is 39.3 Å². The number of hydrogen-bond acceptors (Lipinski definition) is 4. The first-order chi connectivity index (χ1) is 15.7. The van der Waals surface area contributed by atoms with Gasteiger partial charge >= 0.3 is 0 Å². The number of imidazole rings is 1. The average Bonchev–Trinajstić information content (AvgIpc) is 3.22. The molecule has 0 saturated carbocycles. The Kier molecular flexibility index (Phi) is 5.11. The van der Waals surface area contributed by atoms with E-state index in [0.29, 0.717) is 17.8 Å². The molecule has 5 nitrogen and oxygen atoms in total. The SMILES string of the molecule is COc1cccc(-c2nc3ncc(-c4ccccc4)cc3n2Cc2ccc(C#N)cc2)c1. The predicted octanol–water partition coefficient (Wildman–Crippen LogP) is 5.69. The summed E-state index contributed by atoms with van der Waals surface area (Å²) >= 11 is 0. The van der Waals surface area contributed by atoms with Crippen LogP contribution in [0.3, 0.4) is 0 Å². The van der Waals surface area contributed by atoms with Gasteiger partial charge in [-0.25, -0.2) is 9.97 Å². The Balaban J connectivity index is 1.68. The molecule has 2 aromatic heterocycles. The van der Waals surface area contributed by atoms with Gasteiger partial charge in [-0.1, -0.05) is 54.6 Å². The van der Waals surface area contributed by atoms with Crippen molar-refractivity contribution in [1.82, 2.24) is 14.5 Å². The van der Waals surface area contributed by atoms with E-state index in [1.165, 1.54) is 0 Å². The Labute approximate surface area is 186 Å². The number of fused-ring (bicyclic) bond motifs is 1. The Morgan fingerprint density at radius 1 is 0.875 bits per heavy atom. The summed E-state index contributed by atoms with van der Waals surface area (Å²) in [5.74, 6) is 1.60. The van der Waals surface area contributed by atoms with E-state index in [1.54, 1.807) is 7.11 Å². The highest BCUT2D eigenvalue weighted by Gasteiger charge is 2.16. The number of hydrogen-bond donors (Lipinski definition) is 0. The molecule has 0 aliphatic carbocycles. The fourth-order valence-electron chi connectivity index (χ4n) is 3.80. The molecule has 5 aromatic rings. The lowest BCUT2D eigenvalue weighted by Gasteiger charge is -2.11. The number of rotatable bonds is 5. The van der Waals surface area contributed by atoms with Gasteiger partial charge in [-0.15, -0.1) is 0 Å². The second kappa shape index (κ2) is 8.37. The molecule has 0 amide bonds. The third-order valence-electron chi connectivity index (χ3n) is 5.46. The molecular weight excluding hydrogens is 396 g/mol. The summed E-state index contributed by atoms with van der Waals surface area (Å²) in [5, 5.41) is 9.12. The minimum absolute atomic E-state index is 0.606. The summed E-state index contributed by atoms with van der Waals surface area (Å²) in [6, 6.07) is 30.0. The zero-order valence-electron chi connectivity index (χ0n) is 17.6. The molecular formula is C27H20N4O. The van der Waals surface area contributed by atoms with Crippen LogP contribution in [0.2, 0.25) is 0 Å². The van der Waals surface area contributed by atoms with E-state index in [4.69, 9.17) is 15.0 Å². The van der Waals surface area contributed by atoms with Crippen LogP contribution in [0.4, 0.5) is 0 Å². The lowest BCUT2D eigenvalue weighted by atomic mass is 10.1. The summed E-state index contributed by atoms with van der Waals surface area (Å²) in [6.07, 6.45) is 1.87. The smallest absolute Gasteiger partial charge is 0.178 e. The molecule has 0 unspecified atom stereocenters. The number of pyridine rings is 1.